The Morgan fingerprint density at radius 1 is 1.22 bits per heavy atom. The van der Waals surface area contributed by atoms with E-state index in [1.165, 1.54) is 29.9 Å². The van der Waals surface area contributed by atoms with E-state index in [9.17, 15) is 9.59 Å². The van der Waals surface area contributed by atoms with Crippen LogP contribution in [0.15, 0.2) is 46.5 Å². The van der Waals surface area contributed by atoms with Crippen molar-refractivity contribution in [2.45, 2.75) is 23.8 Å². The molecule has 0 aliphatic rings. The molecule has 1 aromatic carbocycles. The Hall–Kier alpha value is -2.34. The maximum atomic E-state index is 12.1. The Balaban J connectivity index is 2.18. The standard InChI is InChI=1S/C17H18N2O3S/c1-11-6-7-13(9-12(11)2)23-16-14(5-4-8-19-16)17(21)22-10-15(20)18-3/h4-9H,10H2,1-3H3,(H,18,20). The quantitative estimate of drug-likeness (QED) is 0.854. The van der Waals surface area contributed by atoms with Crippen LogP contribution in [-0.2, 0) is 9.53 Å². The molecule has 2 aromatic rings. The SMILES string of the molecule is CNC(=O)COC(=O)c1cccnc1Sc1ccc(C)c(C)c1. The van der Waals surface area contributed by atoms with Crippen LogP contribution in [0.3, 0.4) is 0 Å². The molecule has 23 heavy (non-hydrogen) atoms. The summed E-state index contributed by atoms with van der Waals surface area (Å²) in [4.78, 5) is 28.6. The Morgan fingerprint density at radius 3 is 2.70 bits per heavy atom. The van der Waals surface area contributed by atoms with Gasteiger partial charge in [-0.2, -0.15) is 0 Å². The number of ether oxygens (including phenoxy) is 1. The number of hydrogen-bond acceptors (Lipinski definition) is 5. The summed E-state index contributed by atoms with van der Waals surface area (Å²) in [6, 6.07) is 9.38. The Labute approximate surface area is 139 Å². The van der Waals surface area contributed by atoms with Gasteiger partial charge in [0.15, 0.2) is 6.61 Å². The molecule has 0 saturated carbocycles. The van der Waals surface area contributed by atoms with Crippen LogP contribution >= 0.6 is 11.8 Å². The zero-order valence-electron chi connectivity index (χ0n) is 13.3. The molecule has 0 unspecified atom stereocenters. The minimum atomic E-state index is -0.562. The molecule has 0 spiro atoms. The molecule has 1 heterocycles. The second-order valence-corrected chi connectivity index (χ2v) is 6.02. The summed E-state index contributed by atoms with van der Waals surface area (Å²) in [7, 11) is 1.49. The number of carbonyl (C=O) groups excluding carboxylic acids is 2. The normalized spacial score (nSPS) is 10.2. The summed E-state index contributed by atoms with van der Waals surface area (Å²) >= 11 is 1.39. The van der Waals surface area contributed by atoms with E-state index in [4.69, 9.17) is 4.74 Å². The molecule has 0 aliphatic carbocycles. The highest BCUT2D eigenvalue weighted by molar-refractivity contribution is 7.99. The molecule has 0 radical (unpaired) electrons. The second kappa shape index (κ2) is 7.78. The molecule has 0 fully saturated rings. The van der Waals surface area contributed by atoms with Gasteiger partial charge in [-0.05, 0) is 49.2 Å². The summed E-state index contributed by atoms with van der Waals surface area (Å²) in [6.07, 6.45) is 1.62. The number of benzene rings is 1. The summed E-state index contributed by atoms with van der Waals surface area (Å²) in [5.74, 6) is -0.918. The number of amides is 1. The lowest BCUT2D eigenvalue weighted by Crippen LogP contribution is -2.25. The Morgan fingerprint density at radius 2 is 2.00 bits per heavy atom. The molecule has 2 rings (SSSR count). The van der Waals surface area contributed by atoms with Gasteiger partial charge >= 0.3 is 5.97 Å². The van der Waals surface area contributed by atoms with Gasteiger partial charge < -0.3 is 10.1 Å². The van der Waals surface area contributed by atoms with Gasteiger partial charge in [-0.1, -0.05) is 17.8 Å². The topological polar surface area (TPSA) is 68.3 Å². The number of nitrogens with one attached hydrogen (secondary N) is 1. The molecule has 1 aromatic heterocycles. The lowest BCUT2D eigenvalue weighted by atomic mass is 10.1. The van der Waals surface area contributed by atoms with E-state index < -0.39 is 5.97 Å². The summed E-state index contributed by atoms with van der Waals surface area (Å²) < 4.78 is 5.00. The van der Waals surface area contributed by atoms with E-state index in [-0.39, 0.29) is 12.5 Å². The van der Waals surface area contributed by atoms with Crippen molar-refractivity contribution in [1.82, 2.24) is 10.3 Å². The molecular formula is C17H18N2O3S. The number of rotatable bonds is 5. The van der Waals surface area contributed by atoms with Crippen molar-refractivity contribution in [3.63, 3.8) is 0 Å². The van der Waals surface area contributed by atoms with E-state index in [0.717, 1.165) is 4.90 Å². The molecule has 6 heteroatoms. The first kappa shape index (κ1) is 17.0. The average molecular weight is 330 g/mol. The molecule has 0 saturated heterocycles. The maximum Gasteiger partial charge on any atom is 0.341 e. The molecule has 0 aliphatic heterocycles. The van der Waals surface area contributed by atoms with Gasteiger partial charge in [0.25, 0.3) is 5.91 Å². The van der Waals surface area contributed by atoms with E-state index >= 15 is 0 Å². The monoisotopic (exact) mass is 330 g/mol. The first-order chi connectivity index (χ1) is 11.0. The van der Waals surface area contributed by atoms with Crippen LogP contribution in [0.25, 0.3) is 0 Å². The first-order valence-corrected chi connectivity index (χ1v) is 7.90. The lowest BCUT2D eigenvalue weighted by Gasteiger charge is -2.09. The van der Waals surface area contributed by atoms with Gasteiger partial charge in [-0.3, -0.25) is 4.79 Å². The van der Waals surface area contributed by atoms with Crippen molar-refractivity contribution in [3.05, 3.63) is 53.2 Å². The fourth-order valence-electron chi connectivity index (χ4n) is 1.80. The zero-order chi connectivity index (χ0) is 16.8. The van der Waals surface area contributed by atoms with Crippen LogP contribution in [0.4, 0.5) is 0 Å². The van der Waals surface area contributed by atoms with Gasteiger partial charge in [0, 0.05) is 18.1 Å². The predicted molar refractivity (Wildman–Crippen MR) is 88.6 cm³/mol. The van der Waals surface area contributed by atoms with E-state index in [1.54, 1.807) is 18.3 Å². The van der Waals surface area contributed by atoms with Crippen molar-refractivity contribution in [2.75, 3.05) is 13.7 Å². The van der Waals surface area contributed by atoms with Crippen LogP contribution in [0.2, 0.25) is 0 Å². The fraction of sp³-hybridized carbons (Fsp3) is 0.235. The highest BCUT2D eigenvalue weighted by Crippen LogP contribution is 2.30. The molecule has 1 amide bonds. The number of esters is 1. The zero-order valence-corrected chi connectivity index (χ0v) is 14.1. The maximum absolute atomic E-state index is 12.1. The highest BCUT2D eigenvalue weighted by atomic mass is 32.2. The highest BCUT2D eigenvalue weighted by Gasteiger charge is 2.16. The van der Waals surface area contributed by atoms with Gasteiger partial charge in [0.1, 0.15) is 5.03 Å². The molecule has 120 valence electrons. The average Bonchev–Trinajstić information content (AvgIpc) is 2.56. The number of pyridine rings is 1. The minimum Gasteiger partial charge on any atom is -0.452 e. The van der Waals surface area contributed by atoms with Crippen LogP contribution in [0, 0.1) is 13.8 Å². The van der Waals surface area contributed by atoms with Crippen LogP contribution < -0.4 is 5.32 Å². The number of hydrogen-bond donors (Lipinski definition) is 1. The smallest absolute Gasteiger partial charge is 0.341 e. The van der Waals surface area contributed by atoms with Crippen molar-refractivity contribution in [3.8, 4) is 0 Å². The van der Waals surface area contributed by atoms with Crippen molar-refractivity contribution in [2.24, 2.45) is 0 Å². The number of carbonyl (C=O) groups is 2. The van der Waals surface area contributed by atoms with Crippen molar-refractivity contribution >= 4 is 23.6 Å². The molecular weight excluding hydrogens is 312 g/mol. The summed E-state index contributed by atoms with van der Waals surface area (Å²) in [6.45, 7) is 3.78. The van der Waals surface area contributed by atoms with E-state index in [0.29, 0.717) is 10.6 Å². The fourth-order valence-corrected chi connectivity index (χ4v) is 2.77. The predicted octanol–water partition coefficient (Wildman–Crippen LogP) is 2.75. The number of aryl methyl sites for hydroxylation is 2. The van der Waals surface area contributed by atoms with Crippen LogP contribution in [-0.4, -0.2) is 30.5 Å². The van der Waals surface area contributed by atoms with E-state index in [1.807, 2.05) is 32.0 Å². The van der Waals surface area contributed by atoms with Crippen molar-refractivity contribution in [1.29, 1.82) is 0 Å². The minimum absolute atomic E-state index is 0.308. The Kier molecular flexibility index (Phi) is 5.76. The number of aromatic nitrogens is 1. The summed E-state index contributed by atoms with van der Waals surface area (Å²) in [5.41, 5.74) is 2.73. The van der Waals surface area contributed by atoms with Gasteiger partial charge in [0.05, 0.1) is 5.56 Å². The van der Waals surface area contributed by atoms with Crippen LogP contribution in [0.5, 0.6) is 0 Å². The Bertz CT molecular complexity index is 732. The third-order valence-electron chi connectivity index (χ3n) is 3.30. The third-order valence-corrected chi connectivity index (χ3v) is 4.31. The third kappa shape index (κ3) is 4.56. The van der Waals surface area contributed by atoms with E-state index in [2.05, 4.69) is 10.3 Å². The summed E-state index contributed by atoms with van der Waals surface area (Å²) in [5, 5.41) is 2.95. The number of nitrogens with zero attached hydrogens (tertiary/aromatic N) is 1. The lowest BCUT2D eigenvalue weighted by molar-refractivity contribution is -0.123. The largest absolute Gasteiger partial charge is 0.452 e. The first-order valence-electron chi connectivity index (χ1n) is 7.09. The second-order valence-electron chi connectivity index (χ2n) is 4.95. The van der Waals surface area contributed by atoms with Crippen molar-refractivity contribution < 1.29 is 14.3 Å². The van der Waals surface area contributed by atoms with Crippen LogP contribution in [0.1, 0.15) is 21.5 Å². The van der Waals surface area contributed by atoms with Gasteiger partial charge in [0.2, 0.25) is 0 Å². The molecule has 0 atom stereocenters. The number of likely N-dealkylation sites (N-methyl/N-ethyl adjacent to an activating group) is 1. The molecule has 5 nitrogen and oxygen atoms in total. The van der Waals surface area contributed by atoms with Gasteiger partial charge in [-0.25, -0.2) is 9.78 Å². The van der Waals surface area contributed by atoms with Gasteiger partial charge in [-0.15, -0.1) is 0 Å². The molecule has 1 N–H and O–H groups in total. The molecule has 0 bridgehead atoms.